The summed E-state index contributed by atoms with van der Waals surface area (Å²) in [7, 11) is 0. The monoisotopic (exact) mass is 337 g/mol. The highest BCUT2D eigenvalue weighted by Crippen LogP contribution is 2.30. The SMILES string of the molecule is Cc1cnccc1-c1nc(=S)c(Br)c(C(C)(C)C)[nH]1. The first-order valence-electron chi connectivity index (χ1n) is 6.02. The second kappa shape index (κ2) is 5.13. The van der Waals surface area contributed by atoms with E-state index in [1.54, 1.807) is 6.20 Å². The molecule has 2 aromatic rings. The zero-order valence-electron chi connectivity index (χ0n) is 11.4. The molecule has 0 aliphatic heterocycles. The highest BCUT2D eigenvalue weighted by molar-refractivity contribution is 9.10. The largest absolute Gasteiger partial charge is 0.342 e. The zero-order chi connectivity index (χ0) is 14.2. The normalized spacial score (nSPS) is 11.6. The van der Waals surface area contributed by atoms with Crippen LogP contribution in [0.5, 0.6) is 0 Å². The molecule has 0 spiro atoms. The molecule has 0 radical (unpaired) electrons. The third-order valence-electron chi connectivity index (χ3n) is 2.89. The second-order valence-corrected chi connectivity index (χ2v) is 6.70. The average Bonchev–Trinajstić information content (AvgIpc) is 2.31. The molecule has 3 nitrogen and oxygen atoms in total. The zero-order valence-corrected chi connectivity index (χ0v) is 13.8. The van der Waals surface area contributed by atoms with E-state index in [0.29, 0.717) is 4.64 Å². The summed E-state index contributed by atoms with van der Waals surface area (Å²) in [6.45, 7) is 8.43. The molecule has 0 amide bonds. The van der Waals surface area contributed by atoms with Crippen LogP contribution >= 0.6 is 28.1 Å². The van der Waals surface area contributed by atoms with Crippen molar-refractivity contribution < 1.29 is 0 Å². The van der Waals surface area contributed by atoms with E-state index in [9.17, 15) is 0 Å². The molecule has 2 aromatic heterocycles. The molecule has 100 valence electrons. The Bertz CT molecular complexity index is 671. The Morgan fingerprint density at radius 3 is 2.58 bits per heavy atom. The summed E-state index contributed by atoms with van der Waals surface area (Å²) in [6.07, 6.45) is 3.59. The maximum Gasteiger partial charge on any atom is 0.144 e. The molecule has 0 saturated heterocycles. The van der Waals surface area contributed by atoms with Crippen LogP contribution in [0.4, 0.5) is 0 Å². The van der Waals surface area contributed by atoms with E-state index in [-0.39, 0.29) is 5.41 Å². The van der Waals surface area contributed by atoms with Crippen molar-refractivity contribution in [1.29, 1.82) is 0 Å². The molecule has 2 rings (SSSR count). The minimum atomic E-state index is -0.0367. The van der Waals surface area contributed by atoms with Crippen LogP contribution in [-0.4, -0.2) is 15.0 Å². The van der Waals surface area contributed by atoms with E-state index in [4.69, 9.17) is 12.2 Å². The van der Waals surface area contributed by atoms with Gasteiger partial charge in [-0.25, -0.2) is 4.98 Å². The van der Waals surface area contributed by atoms with E-state index >= 15 is 0 Å². The summed E-state index contributed by atoms with van der Waals surface area (Å²) in [5, 5.41) is 0. The number of aryl methyl sites for hydroxylation is 1. The number of aromatic nitrogens is 3. The predicted molar refractivity (Wildman–Crippen MR) is 83.8 cm³/mol. The maximum atomic E-state index is 5.35. The molecule has 0 aromatic carbocycles. The topological polar surface area (TPSA) is 41.6 Å². The van der Waals surface area contributed by atoms with Gasteiger partial charge in [-0.15, -0.1) is 0 Å². The number of H-pyrrole nitrogens is 1. The number of pyridine rings is 1. The van der Waals surface area contributed by atoms with Gasteiger partial charge in [-0.2, -0.15) is 0 Å². The quantitative estimate of drug-likeness (QED) is 0.775. The standard InChI is InChI=1S/C14H16BrN3S/c1-8-7-16-6-5-9(8)12-17-11(14(2,3)4)10(15)13(19)18-12/h5-7H,1-4H3,(H,17,18,19). The first kappa shape index (κ1) is 14.3. The molecule has 0 atom stereocenters. The molecule has 0 saturated carbocycles. The van der Waals surface area contributed by atoms with Crippen molar-refractivity contribution in [2.24, 2.45) is 0 Å². The Labute approximate surface area is 126 Å². The Balaban J connectivity index is 2.71. The van der Waals surface area contributed by atoms with Gasteiger partial charge < -0.3 is 4.98 Å². The fourth-order valence-corrected chi connectivity index (χ4v) is 2.82. The lowest BCUT2D eigenvalue weighted by Crippen LogP contribution is -2.16. The number of hydrogen-bond donors (Lipinski definition) is 1. The van der Waals surface area contributed by atoms with Crippen LogP contribution in [0.1, 0.15) is 32.0 Å². The lowest BCUT2D eigenvalue weighted by atomic mass is 9.92. The Morgan fingerprint density at radius 2 is 2.00 bits per heavy atom. The minimum Gasteiger partial charge on any atom is -0.342 e. The van der Waals surface area contributed by atoms with Crippen LogP contribution < -0.4 is 0 Å². The number of nitrogens with zero attached hydrogens (tertiary/aromatic N) is 2. The molecular formula is C14H16BrN3S. The van der Waals surface area contributed by atoms with Crippen molar-refractivity contribution in [1.82, 2.24) is 15.0 Å². The van der Waals surface area contributed by atoms with Crippen LogP contribution in [0.2, 0.25) is 0 Å². The van der Waals surface area contributed by atoms with Crippen LogP contribution in [0, 0.1) is 11.6 Å². The van der Waals surface area contributed by atoms with E-state index < -0.39 is 0 Å². The number of halogens is 1. The Morgan fingerprint density at radius 1 is 1.32 bits per heavy atom. The van der Waals surface area contributed by atoms with Gasteiger partial charge in [0.25, 0.3) is 0 Å². The number of aromatic amines is 1. The van der Waals surface area contributed by atoms with Gasteiger partial charge >= 0.3 is 0 Å². The highest BCUT2D eigenvalue weighted by Gasteiger charge is 2.20. The van der Waals surface area contributed by atoms with Gasteiger partial charge in [0.15, 0.2) is 0 Å². The average molecular weight is 338 g/mol. The minimum absolute atomic E-state index is 0.0367. The van der Waals surface area contributed by atoms with Crippen molar-refractivity contribution in [2.75, 3.05) is 0 Å². The molecule has 0 bridgehead atoms. The molecule has 5 heteroatoms. The lowest BCUT2D eigenvalue weighted by molar-refractivity contribution is 0.563. The summed E-state index contributed by atoms with van der Waals surface area (Å²) in [6, 6.07) is 1.95. The number of hydrogen-bond acceptors (Lipinski definition) is 3. The van der Waals surface area contributed by atoms with Crippen molar-refractivity contribution in [3.63, 3.8) is 0 Å². The molecular weight excluding hydrogens is 322 g/mol. The van der Waals surface area contributed by atoms with Gasteiger partial charge in [0.1, 0.15) is 10.5 Å². The highest BCUT2D eigenvalue weighted by atomic mass is 79.9. The van der Waals surface area contributed by atoms with E-state index in [0.717, 1.165) is 27.1 Å². The van der Waals surface area contributed by atoms with E-state index in [1.165, 1.54) is 0 Å². The molecule has 0 aliphatic carbocycles. The third-order valence-corrected chi connectivity index (χ3v) is 4.22. The Kier molecular flexibility index (Phi) is 3.87. The molecule has 2 heterocycles. The fraction of sp³-hybridized carbons (Fsp3) is 0.357. The van der Waals surface area contributed by atoms with Crippen LogP contribution in [0.15, 0.2) is 22.9 Å². The summed E-state index contributed by atoms with van der Waals surface area (Å²) in [5.41, 5.74) is 3.12. The summed E-state index contributed by atoms with van der Waals surface area (Å²) in [4.78, 5) is 12.0. The molecule has 1 N–H and O–H groups in total. The third kappa shape index (κ3) is 2.92. The predicted octanol–water partition coefficient (Wildman–Crippen LogP) is 4.57. The summed E-state index contributed by atoms with van der Waals surface area (Å²) < 4.78 is 1.44. The van der Waals surface area contributed by atoms with E-state index in [1.807, 2.05) is 19.2 Å². The molecule has 19 heavy (non-hydrogen) atoms. The van der Waals surface area contributed by atoms with Crippen LogP contribution in [0.25, 0.3) is 11.4 Å². The van der Waals surface area contributed by atoms with Crippen molar-refractivity contribution in [3.05, 3.63) is 38.8 Å². The van der Waals surface area contributed by atoms with Gasteiger partial charge in [-0.1, -0.05) is 33.0 Å². The van der Waals surface area contributed by atoms with Crippen LogP contribution in [-0.2, 0) is 5.41 Å². The van der Waals surface area contributed by atoms with Crippen molar-refractivity contribution in [2.45, 2.75) is 33.1 Å². The maximum absolute atomic E-state index is 5.35. The summed E-state index contributed by atoms with van der Waals surface area (Å²) >= 11 is 8.88. The smallest absolute Gasteiger partial charge is 0.144 e. The fourth-order valence-electron chi connectivity index (χ4n) is 1.84. The molecule has 0 unspecified atom stereocenters. The van der Waals surface area contributed by atoms with E-state index in [2.05, 4.69) is 51.7 Å². The lowest BCUT2D eigenvalue weighted by Gasteiger charge is -2.21. The van der Waals surface area contributed by atoms with Crippen LogP contribution in [0.3, 0.4) is 0 Å². The second-order valence-electron chi connectivity index (χ2n) is 5.52. The summed E-state index contributed by atoms with van der Waals surface area (Å²) in [5.74, 6) is 0.790. The van der Waals surface area contributed by atoms with Gasteiger partial charge in [-0.05, 0) is 34.5 Å². The van der Waals surface area contributed by atoms with Gasteiger partial charge in [0, 0.05) is 29.1 Å². The number of nitrogens with one attached hydrogen (secondary N) is 1. The van der Waals surface area contributed by atoms with Gasteiger partial charge in [0.05, 0.1) is 4.47 Å². The number of rotatable bonds is 1. The van der Waals surface area contributed by atoms with Gasteiger partial charge in [0.2, 0.25) is 0 Å². The van der Waals surface area contributed by atoms with Gasteiger partial charge in [-0.3, -0.25) is 4.98 Å². The Hall–Kier alpha value is -1.07. The van der Waals surface area contributed by atoms with Crippen molar-refractivity contribution >= 4 is 28.1 Å². The molecule has 0 fully saturated rings. The van der Waals surface area contributed by atoms with Crippen molar-refractivity contribution in [3.8, 4) is 11.4 Å². The molecule has 0 aliphatic rings. The first-order valence-corrected chi connectivity index (χ1v) is 7.22. The first-order chi connectivity index (χ1) is 8.80.